The summed E-state index contributed by atoms with van der Waals surface area (Å²) in [5.41, 5.74) is 3.83. The third kappa shape index (κ3) is 2.66. The molecule has 0 aromatic carbocycles. The quantitative estimate of drug-likeness (QED) is 0.866. The van der Waals surface area contributed by atoms with Crippen molar-refractivity contribution in [3.8, 4) is 11.4 Å². The number of piperidine rings is 1. The fourth-order valence-electron chi connectivity index (χ4n) is 2.50. The minimum Gasteiger partial charge on any atom is -0.307 e. The molecule has 3 heterocycles. The van der Waals surface area contributed by atoms with Gasteiger partial charge in [-0.05, 0) is 45.4 Å². The fraction of sp³-hybridized carbons (Fsp3) is 0.500. The third-order valence-electron chi connectivity index (χ3n) is 3.46. The van der Waals surface area contributed by atoms with E-state index in [9.17, 15) is 0 Å². The summed E-state index contributed by atoms with van der Waals surface area (Å²) >= 11 is 0. The highest BCUT2D eigenvalue weighted by atomic mass is 15.1. The second-order valence-corrected chi connectivity index (χ2v) is 5.19. The molecule has 1 atom stereocenters. The van der Waals surface area contributed by atoms with Crippen molar-refractivity contribution in [1.82, 2.24) is 25.5 Å². The molecule has 0 radical (unpaired) electrons. The highest BCUT2D eigenvalue weighted by molar-refractivity contribution is 5.54. The Hall–Kier alpha value is -1.75. The van der Waals surface area contributed by atoms with Crippen LogP contribution in [0.3, 0.4) is 0 Å². The van der Waals surface area contributed by atoms with Crippen LogP contribution in [-0.4, -0.2) is 26.7 Å². The summed E-state index contributed by atoms with van der Waals surface area (Å²) in [5.74, 6) is 0.898. The van der Waals surface area contributed by atoms with Crippen LogP contribution in [0.4, 0.5) is 0 Å². The lowest BCUT2D eigenvalue weighted by Crippen LogP contribution is -2.28. The number of nitrogens with one attached hydrogen (secondary N) is 2. The highest BCUT2D eigenvalue weighted by Gasteiger charge is 2.19. The van der Waals surface area contributed by atoms with Crippen LogP contribution in [0, 0.1) is 13.8 Å². The normalized spacial score (nSPS) is 19.6. The number of aromatic amines is 1. The molecule has 1 saturated heterocycles. The van der Waals surface area contributed by atoms with Gasteiger partial charge in [0.25, 0.3) is 0 Å². The predicted molar refractivity (Wildman–Crippen MR) is 73.7 cm³/mol. The molecule has 0 amide bonds. The Morgan fingerprint density at radius 3 is 2.68 bits per heavy atom. The molecule has 2 aromatic heterocycles. The molecule has 5 nitrogen and oxygen atoms in total. The zero-order valence-electron chi connectivity index (χ0n) is 11.4. The first-order valence-corrected chi connectivity index (χ1v) is 6.84. The van der Waals surface area contributed by atoms with E-state index in [-0.39, 0.29) is 6.04 Å². The SMILES string of the molecule is Cc1cc(-c2cc(C)[nH]n2)nc(C2CCCCN2)n1. The van der Waals surface area contributed by atoms with Crippen molar-refractivity contribution in [1.29, 1.82) is 0 Å². The molecule has 1 unspecified atom stereocenters. The molecule has 1 fully saturated rings. The van der Waals surface area contributed by atoms with E-state index in [2.05, 4.69) is 25.5 Å². The minimum absolute atomic E-state index is 0.285. The second-order valence-electron chi connectivity index (χ2n) is 5.19. The molecular formula is C14H19N5. The molecule has 19 heavy (non-hydrogen) atoms. The molecule has 100 valence electrons. The van der Waals surface area contributed by atoms with Gasteiger partial charge in [-0.15, -0.1) is 0 Å². The van der Waals surface area contributed by atoms with Gasteiger partial charge in [-0.2, -0.15) is 5.10 Å². The van der Waals surface area contributed by atoms with Crippen molar-refractivity contribution in [3.63, 3.8) is 0 Å². The Morgan fingerprint density at radius 1 is 1.11 bits per heavy atom. The highest BCUT2D eigenvalue weighted by Crippen LogP contribution is 2.23. The number of nitrogens with zero attached hydrogens (tertiary/aromatic N) is 3. The van der Waals surface area contributed by atoms with Gasteiger partial charge in [0.15, 0.2) is 0 Å². The standard InChI is InChI=1S/C14H19N5/c1-9-7-12(13-8-10(2)18-19-13)17-14(16-9)11-5-3-4-6-15-11/h7-8,11,15H,3-6H2,1-2H3,(H,18,19). The zero-order chi connectivity index (χ0) is 13.2. The van der Waals surface area contributed by atoms with Crippen molar-refractivity contribution in [2.24, 2.45) is 0 Å². The van der Waals surface area contributed by atoms with E-state index in [0.29, 0.717) is 0 Å². The molecule has 3 rings (SSSR count). The first-order chi connectivity index (χ1) is 9.22. The summed E-state index contributed by atoms with van der Waals surface area (Å²) < 4.78 is 0. The summed E-state index contributed by atoms with van der Waals surface area (Å²) in [6.07, 6.45) is 3.60. The van der Waals surface area contributed by atoms with Crippen LogP contribution in [-0.2, 0) is 0 Å². The number of hydrogen-bond donors (Lipinski definition) is 2. The molecule has 1 aliphatic heterocycles. The van der Waals surface area contributed by atoms with Crippen molar-refractivity contribution in [3.05, 3.63) is 29.3 Å². The largest absolute Gasteiger partial charge is 0.307 e. The molecule has 1 aliphatic rings. The first kappa shape index (κ1) is 12.3. The minimum atomic E-state index is 0.285. The van der Waals surface area contributed by atoms with Gasteiger partial charge in [-0.1, -0.05) is 6.42 Å². The van der Waals surface area contributed by atoms with Gasteiger partial charge in [0.05, 0.1) is 11.7 Å². The van der Waals surface area contributed by atoms with E-state index in [4.69, 9.17) is 0 Å². The van der Waals surface area contributed by atoms with Crippen LogP contribution in [0.5, 0.6) is 0 Å². The number of aromatic nitrogens is 4. The number of aryl methyl sites for hydroxylation is 2. The average molecular weight is 257 g/mol. The Labute approximate surface area is 112 Å². The lowest BCUT2D eigenvalue weighted by atomic mass is 10.0. The van der Waals surface area contributed by atoms with Gasteiger partial charge < -0.3 is 5.32 Å². The number of hydrogen-bond acceptors (Lipinski definition) is 4. The molecular weight excluding hydrogens is 238 g/mol. The van der Waals surface area contributed by atoms with E-state index in [0.717, 1.165) is 41.6 Å². The smallest absolute Gasteiger partial charge is 0.146 e. The van der Waals surface area contributed by atoms with E-state index >= 15 is 0 Å². The van der Waals surface area contributed by atoms with Gasteiger partial charge >= 0.3 is 0 Å². The van der Waals surface area contributed by atoms with Crippen LogP contribution in [0.2, 0.25) is 0 Å². The van der Waals surface area contributed by atoms with Crippen LogP contribution in [0.15, 0.2) is 12.1 Å². The van der Waals surface area contributed by atoms with Crippen LogP contribution in [0.1, 0.15) is 42.5 Å². The molecule has 0 bridgehead atoms. The van der Waals surface area contributed by atoms with E-state index in [1.807, 2.05) is 26.0 Å². The van der Waals surface area contributed by atoms with Crippen LogP contribution in [0.25, 0.3) is 11.4 Å². The van der Waals surface area contributed by atoms with Gasteiger partial charge in [-0.25, -0.2) is 9.97 Å². The van der Waals surface area contributed by atoms with Crippen molar-refractivity contribution >= 4 is 0 Å². The Balaban J connectivity index is 1.95. The summed E-state index contributed by atoms with van der Waals surface area (Å²) in [6, 6.07) is 4.29. The van der Waals surface area contributed by atoms with Gasteiger partial charge in [0, 0.05) is 11.4 Å². The Morgan fingerprint density at radius 2 is 2.00 bits per heavy atom. The molecule has 0 spiro atoms. The first-order valence-electron chi connectivity index (χ1n) is 6.84. The second kappa shape index (κ2) is 5.09. The molecule has 0 saturated carbocycles. The Kier molecular flexibility index (Phi) is 3.29. The lowest BCUT2D eigenvalue weighted by molar-refractivity contribution is 0.397. The fourth-order valence-corrected chi connectivity index (χ4v) is 2.50. The maximum Gasteiger partial charge on any atom is 0.146 e. The van der Waals surface area contributed by atoms with E-state index < -0.39 is 0 Å². The molecule has 5 heteroatoms. The lowest BCUT2D eigenvalue weighted by Gasteiger charge is -2.22. The summed E-state index contributed by atoms with van der Waals surface area (Å²) in [4.78, 5) is 9.26. The molecule has 2 N–H and O–H groups in total. The summed E-state index contributed by atoms with van der Waals surface area (Å²) in [6.45, 7) is 5.06. The van der Waals surface area contributed by atoms with Crippen molar-refractivity contribution in [2.45, 2.75) is 39.2 Å². The molecule has 0 aliphatic carbocycles. The molecule has 2 aromatic rings. The maximum atomic E-state index is 4.68. The summed E-state index contributed by atoms with van der Waals surface area (Å²) in [7, 11) is 0. The Bertz CT molecular complexity index is 569. The average Bonchev–Trinajstić information content (AvgIpc) is 2.86. The van der Waals surface area contributed by atoms with E-state index in [1.54, 1.807) is 0 Å². The zero-order valence-corrected chi connectivity index (χ0v) is 11.4. The monoisotopic (exact) mass is 257 g/mol. The van der Waals surface area contributed by atoms with Crippen LogP contribution < -0.4 is 5.32 Å². The number of rotatable bonds is 2. The van der Waals surface area contributed by atoms with E-state index in [1.165, 1.54) is 12.8 Å². The van der Waals surface area contributed by atoms with Gasteiger partial charge in [-0.3, -0.25) is 5.10 Å². The maximum absolute atomic E-state index is 4.68. The van der Waals surface area contributed by atoms with Crippen molar-refractivity contribution < 1.29 is 0 Å². The van der Waals surface area contributed by atoms with Crippen LogP contribution >= 0.6 is 0 Å². The predicted octanol–water partition coefficient (Wildman–Crippen LogP) is 2.30. The number of H-pyrrole nitrogens is 1. The summed E-state index contributed by atoms with van der Waals surface area (Å²) in [5, 5.41) is 10.7. The van der Waals surface area contributed by atoms with Crippen molar-refractivity contribution in [2.75, 3.05) is 6.54 Å². The van der Waals surface area contributed by atoms with Gasteiger partial charge in [0.2, 0.25) is 0 Å². The topological polar surface area (TPSA) is 66.5 Å². The van der Waals surface area contributed by atoms with Gasteiger partial charge in [0.1, 0.15) is 11.5 Å². The third-order valence-corrected chi connectivity index (χ3v) is 3.46.